The van der Waals surface area contributed by atoms with Gasteiger partial charge in [0, 0.05) is 6.54 Å². The number of benzene rings is 3. The predicted octanol–water partition coefficient (Wildman–Crippen LogP) is 5.54. The molecule has 5 heteroatoms. The summed E-state index contributed by atoms with van der Waals surface area (Å²) in [5.41, 5.74) is 5.37. The number of ether oxygens (including phenoxy) is 1. The van der Waals surface area contributed by atoms with Crippen molar-refractivity contribution >= 4 is 16.9 Å². The molecule has 0 aliphatic rings. The van der Waals surface area contributed by atoms with Crippen LogP contribution in [0.1, 0.15) is 41.9 Å². The van der Waals surface area contributed by atoms with Gasteiger partial charge in [0.2, 0.25) is 5.91 Å². The molecule has 0 aliphatic carbocycles. The molecule has 0 radical (unpaired) electrons. The largest absolute Gasteiger partial charge is 0.494 e. The van der Waals surface area contributed by atoms with Gasteiger partial charge < -0.3 is 14.6 Å². The summed E-state index contributed by atoms with van der Waals surface area (Å²) in [6.45, 7) is 7.47. The second-order valence-electron chi connectivity index (χ2n) is 8.52. The molecule has 0 spiro atoms. The molecule has 0 saturated carbocycles. The number of aromatic nitrogens is 2. The van der Waals surface area contributed by atoms with E-state index in [1.165, 1.54) is 5.56 Å². The molecule has 4 rings (SSSR count). The molecule has 1 N–H and O–H groups in total. The third kappa shape index (κ3) is 5.61. The number of rotatable bonds is 9. The second kappa shape index (κ2) is 10.3. The van der Waals surface area contributed by atoms with Gasteiger partial charge in [-0.05, 0) is 68.1 Å². The number of carbonyl (C=O) groups excluding carboxylic acids is 1. The Morgan fingerprint density at radius 2 is 1.82 bits per heavy atom. The molecule has 1 atom stereocenters. The maximum Gasteiger partial charge on any atom is 0.225 e. The highest BCUT2D eigenvalue weighted by Crippen LogP contribution is 2.22. The van der Waals surface area contributed by atoms with Gasteiger partial charge in [-0.3, -0.25) is 4.79 Å². The molecule has 1 amide bonds. The quantitative estimate of drug-likeness (QED) is 0.347. The maximum absolute atomic E-state index is 12.8. The topological polar surface area (TPSA) is 56.1 Å². The zero-order chi connectivity index (χ0) is 23.2. The smallest absolute Gasteiger partial charge is 0.225 e. The van der Waals surface area contributed by atoms with E-state index in [9.17, 15) is 4.79 Å². The highest BCUT2D eigenvalue weighted by Gasteiger charge is 2.18. The minimum atomic E-state index is -0.202. The summed E-state index contributed by atoms with van der Waals surface area (Å²) in [6.07, 6.45) is 1.20. The van der Waals surface area contributed by atoms with Gasteiger partial charge in [0.1, 0.15) is 11.6 Å². The standard InChI is InChI=1S/C28H31N3O2/c1-20-10-8-13-24(18-20)33-17-9-16-31-26-15-7-6-14-25(26)30-28(31)22(3)29-27(32)19-23-12-5-4-11-21(23)2/h4-8,10-15,18,22H,9,16-17,19H2,1-3H3,(H,29,32). The predicted molar refractivity (Wildman–Crippen MR) is 132 cm³/mol. The molecule has 4 aromatic rings. The van der Waals surface area contributed by atoms with Crippen LogP contribution < -0.4 is 10.1 Å². The Bertz CT molecular complexity index is 1240. The van der Waals surface area contributed by atoms with Crippen molar-refractivity contribution in [3.05, 3.63) is 95.3 Å². The maximum atomic E-state index is 12.8. The zero-order valence-electron chi connectivity index (χ0n) is 19.5. The number of imidazole rings is 1. The summed E-state index contributed by atoms with van der Waals surface area (Å²) in [7, 11) is 0. The van der Waals surface area contributed by atoms with Crippen LogP contribution in [0.15, 0.2) is 72.8 Å². The van der Waals surface area contributed by atoms with E-state index in [4.69, 9.17) is 9.72 Å². The van der Waals surface area contributed by atoms with Crippen molar-refractivity contribution in [3.8, 4) is 5.75 Å². The summed E-state index contributed by atoms with van der Waals surface area (Å²) >= 11 is 0. The van der Waals surface area contributed by atoms with Crippen molar-refractivity contribution in [2.45, 2.75) is 46.2 Å². The number of nitrogens with zero attached hydrogens (tertiary/aromatic N) is 2. The lowest BCUT2D eigenvalue weighted by Crippen LogP contribution is -2.30. The summed E-state index contributed by atoms with van der Waals surface area (Å²) in [4.78, 5) is 17.6. The van der Waals surface area contributed by atoms with Crippen LogP contribution >= 0.6 is 0 Å². The van der Waals surface area contributed by atoms with E-state index in [0.29, 0.717) is 13.0 Å². The molecule has 0 fully saturated rings. The highest BCUT2D eigenvalue weighted by molar-refractivity contribution is 5.80. The van der Waals surface area contributed by atoms with E-state index >= 15 is 0 Å². The molecular weight excluding hydrogens is 410 g/mol. The Morgan fingerprint density at radius 3 is 2.64 bits per heavy atom. The number of para-hydroxylation sites is 2. The summed E-state index contributed by atoms with van der Waals surface area (Å²) < 4.78 is 8.14. The summed E-state index contributed by atoms with van der Waals surface area (Å²) in [5.74, 6) is 1.76. The van der Waals surface area contributed by atoms with E-state index < -0.39 is 0 Å². The number of aryl methyl sites for hydroxylation is 3. The molecular formula is C28H31N3O2. The molecule has 170 valence electrons. The van der Waals surface area contributed by atoms with Crippen molar-refractivity contribution in [2.24, 2.45) is 0 Å². The van der Waals surface area contributed by atoms with Crippen LogP contribution in [0.5, 0.6) is 5.75 Å². The number of nitrogens with one attached hydrogen (secondary N) is 1. The van der Waals surface area contributed by atoms with Crippen LogP contribution in [0.4, 0.5) is 0 Å². The lowest BCUT2D eigenvalue weighted by Gasteiger charge is -2.17. The lowest BCUT2D eigenvalue weighted by atomic mass is 10.1. The van der Waals surface area contributed by atoms with Crippen LogP contribution in [-0.2, 0) is 17.8 Å². The van der Waals surface area contributed by atoms with Gasteiger partial charge in [0.15, 0.2) is 0 Å². The summed E-state index contributed by atoms with van der Waals surface area (Å²) in [6, 6.07) is 24.0. The Kier molecular flexibility index (Phi) is 7.08. The Morgan fingerprint density at radius 1 is 1.03 bits per heavy atom. The molecule has 1 heterocycles. The lowest BCUT2D eigenvalue weighted by molar-refractivity contribution is -0.121. The van der Waals surface area contributed by atoms with Gasteiger partial charge in [0.05, 0.1) is 30.1 Å². The minimum Gasteiger partial charge on any atom is -0.494 e. The van der Waals surface area contributed by atoms with Crippen molar-refractivity contribution in [1.82, 2.24) is 14.9 Å². The first kappa shape index (κ1) is 22.6. The first-order valence-corrected chi connectivity index (χ1v) is 11.5. The van der Waals surface area contributed by atoms with Crippen LogP contribution in [0, 0.1) is 13.8 Å². The third-order valence-corrected chi connectivity index (χ3v) is 5.85. The molecule has 0 aliphatic heterocycles. The average Bonchev–Trinajstić information content (AvgIpc) is 3.17. The van der Waals surface area contributed by atoms with Crippen molar-refractivity contribution in [3.63, 3.8) is 0 Å². The molecule has 1 unspecified atom stereocenters. The van der Waals surface area contributed by atoms with Crippen LogP contribution in [-0.4, -0.2) is 22.1 Å². The van der Waals surface area contributed by atoms with Gasteiger partial charge in [0.25, 0.3) is 0 Å². The van der Waals surface area contributed by atoms with E-state index in [-0.39, 0.29) is 11.9 Å². The molecule has 0 saturated heterocycles. The first-order chi connectivity index (χ1) is 16.0. The van der Waals surface area contributed by atoms with Crippen molar-refractivity contribution in [1.29, 1.82) is 0 Å². The van der Waals surface area contributed by atoms with Gasteiger partial charge in [-0.25, -0.2) is 4.98 Å². The SMILES string of the molecule is Cc1cccc(OCCCn2c(C(C)NC(=O)Cc3ccccc3C)nc3ccccc32)c1. The second-order valence-corrected chi connectivity index (χ2v) is 8.52. The molecule has 33 heavy (non-hydrogen) atoms. The Hall–Kier alpha value is -3.60. The third-order valence-electron chi connectivity index (χ3n) is 5.85. The van der Waals surface area contributed by atoms with Crippen molar-refractivity contribution in [2.75, 3.05) is 6.61 Å². The normalized spacial score (nSPS) is 12.0. The highest BCUT2D eigenvalue weighted by atomic mass is 16.5. The number of amides is 1. The van der Waals surface area contributed by atoms with Gasteiger partial charge >= 0.3 is 0 Å². The minimum absolute atomic E-state index is 0.00168. The van der Waals surface area contributed by atoms with Crippen LogP contribution in [0.2, 0.25) is 0 Å². The fraction of sp³-hybridized carbons (Fsp3) is 0.286. The molecule has 0 bridgehead atoms. The fourth-order valence-electron chi connectivity index (χ4n) is 4.12. The van der Waals surface area contributed by atoms with Crippen LogP contribution in [0.25, 0.3) is 11.0 Å². The number of carbonyl (C=O) groups is 1. The first-order valence-electron chi connectivity index (χ1n) is 11.5. The van der Waals surface area contributed by atoms with Gasteiger partial charge in [-0.1, -0.05) is 48.5 Å². The van der Waals surface area contributed by atoms with Crippen LogP contribution in [0.3, 0.4) is 0 Å². The van der Waals surface area contributed by atoms with Gasteiger partial charge in [-0.2, -0.15) is 0 Å². The Labute approximate surface area is 195 Å². The monoisotopic (exact) mass is 441 g/mol. The van der Waals surface area contributed by atoms with Crippen molar-refractivity contribution < 1.29 is 9.53 Å². The Balaban J connectivity index is 1.44. The summed E-state index contributed by atoms with van der Waals surface area (Å²) in [5, 5.41) is 3.14. The number of hydrogen-bond acceptors (Lipinski definition) is 3. The van der Waals surface area contributed by atoms with E-state index in [2.05, 4.69) is 28.9 Å². The average molecular weight is 442 g/mol. The van der Waals surface area contributed by atoms with E-state index in [1.807, 2.05) is 74.5 Å². The van der Waals surface area contributed by atoms with E-state index in [1.54, 1.807) is 0 Å². The zero-order valence-corrected chi connectivity index (χ0v) is 19.5. The number of hydrogen-bond donors (Lipinski definition) is 1. The van der Waals surface area contributed by atoms with Gasteiger partial charge in [-0.15, -0.1) is 0 Å². The molecule has 1 aromatic heterocycles. The fourth-order valence-corrected chi connectivity index (χ4v) is 4.12. The van der Waals surface area contributed by atoms with E-state index in [0.717, 1.165) is 46.7 Å². The molecule has 3 aromatic carbocycles. The number of fused-ring (bicyclic) bond motifs is 1. The molecule has 5 nitrogen and oxygen atoms in total.